The molecule has 0 saturated carbocycles. The van der Waals surface area contributed by atoms with E-state index in [-0.39, 0.29) is 31.4 Å². The Morgan fingerprint density at radius 3 is 2.70 bits per heavy atom. The number of para-hydroxylation sites is 2. The lowest BCUT2D eigenvalue weighted by molar-refractivity contribution is 0.0934. The van der Waals surface area contributed by atoms with Crippen LogP contribution in [0.4, 0.5) is 5.69 Å². The van der Waals surface area contributed by atoms with E-state index in [2.05, 4.69) is 4.98 Å². The molecule has 23 heavy (non-hydrogen) atoms. The van der Waals surface area contributed by atoms with Gasteiger partial charge in [-0.15, -0.1) is 24.8 Å². The van der Waals surface area contributed by atoms with Gasteiger partial charge >= 0.3 is 0 Å². The van der Waals surface area contributed by atoms with Crippen molar-refractivity contribution < 1.29 is 9.84 Å². The fourth-order valence-corrected chi connectivity index (χ4v) is 2.23. The van der Waals surface area contributed by atoms with Gasteiger partial charge in [0.1, 0.15) is 18.5 Å². The second-order valence-electron chi connectivity index (χ2n) is 4.92. The van der Waals surface area contributed by atoms with Crippen LogP contribution in [-0.4, -0.2) is 27.4 Å². The van der Waals surface area contributed by atoms with E-state index in [4.69, 9.17) is 10.5 Å². The van der Waals surface area contributed by atoms with Crippen LogP contribution in [-0.2, 0) is 6.54 Å². The van der Waals surface area contributed by atoms with E-state index in [1.54, 1.807) is 18.5 Å². The van der Waals surface area contributed by atoms with Gasteiger partial charge in [0.15, 0.2) is 0 Å². The standard InChI is InChI=1S/C16H17N3O2.2ClH/c17-12-4-3-5-14(8-12)21-10-13(20)9-19-11-18-15-6-1-2-7-16(15)19;;/h1-8,11,13,20H,9-10,17H2;2*1H. The number of ether oxygens (including phenoxy) is 1. The quantitative estimate of drug-likeness (QED) is 0.690. The monoisotopic (exact) mass is 355 g/mol. The third-order valence-electron chi connectivity index (χ3n) is 3.24. The predicted molar refractivity (Wildman–Crippen MR) is 96.6 cm³/mol. The first-order valence-electron chi connectivity index (χ1n) is 6.78. The zero-order valence-corrected chi connectivity index (χ0v) is 14.0. The molecule has 0 saturated heterocycles. The van der Waals surface area contributed by atoms with Crippen molar-refractivity contribution in [1.82, 2.24) is 9.55 Å². The summed E-state index contributed by atoms with van der Waals surface area (Å²) in [5.41, 5.74) is 8.24. The van der Waals surface area contributed by atoms with Gasteiger partial charge in [0.25, 0.3) is 0 Å². The summed E-state index contributed by atoms with van der Waals surface area (Å²) in [5.74, 6) is 0.657. The van der Waals surface area contributed by atoms with Gasteiger partial charge in [-0.3, -0.25) is 0 Å². The third kappa shape index (κ3) is 4.76. The van der Waals surface area contributed by atoms with E-state index in [1.807, 2.05) is 41.0 Å². The average Bonchev–Trinajstić information content (AvgIpc) is 2.89. The summed E-state index contributed by atoms with van der Waals surface area (Å²) in [6, 6.07) is 15.0. The van der Waals surface area contributed by atoms with Crippen molar-refractivity contribution in [2.24, 2.45) is 0 Å². The Labute approximate surface area is 146 Å². The number of fused-ring (bicyclic) bond motifs is 1. The fraction of sp³-hybridized carbons (Fsp3) is 0.188. The summed E-state index contributed by atoms with van der Waals surface area (Å²) in [7, 11) is 0. The van der Waals surface area contributed by atoms with Crippen LogP contribution in [0.1, 0.15) is 0 Å². The summed E-state index contributed by atoms with van der Waals surface area (Å²) in [6.07, 6.45) is 1.11. The summed E-state index contributed by atoms with van der Waals surface area (Å²) >= 11 is 0. The highest BCUT2D eigenvalue weighted by Gasteiger charge is 2.09. The van der Waals surface area contributed by atoms with Gasteiger partial charge in [-0.25, -0.2) is 4.98 Å². The minimum absolute atomic E-state index is 0. The van der Waals surface area contributed by atoms with E-state index in [9.17, 15) is 5.11 Å². The number of hydrogen-bond donors (Lipinski definition) is 2. The van der Waals surface area contributed by atoms with Crippen LogP contribution >= 0.6 is 24.8 Å². The van der Waals surface area contributed by atoms with Crippen LogP contribution in [0, 0.1) is 0 Å². The number of rotatable bonds is 5. The second-order valence-corrected chi connectivity index (χ2v) is 4.92. The molecule has 1 aromatic heterocycles. The van der Waals surface area contributed by atoms with Gasteiger partial charge in [0.2, 0.25) is 0 Å². The van der Waals surface area contributed by atoms with Gasteiger partial charge in [0.05, 0.1) is 23.9 Å². The van der Waals surface area contributed by atoms with E-state index >= 15 is 0 Å². The lowest BCUT2D eigenvalue weighted by Gasteiger charge is -2.13. The number of aliphatic hydroxyl groups excluding tert-OH is 1. The van der Waals surface area contributed by atoms with Crippen LogP contribution in [0.3, 0.4) is 0 Å². The molecule has 5 nitrogen and oxygen atoms in total. The molecule has 0 bridgehead atoms. The number of nitrogens with zero attached hydrogens (tertiary/aromatic N) is 2. The van der Waals surface area contributed by atoms with Crippen molar-refractivity contribution in [2.45, 2.75) is 12.6 Å². The summed E-state index contributed by atoms with van der Waals surface area (Å²) in [4.78, 5) is 4.30. The Hall–Kier alpha value is -1.95. The molecule has 124 valence electrons. The van der Waals surface area contributed by atoms with Crippen LogP contribution in [0.15, 0.2) is 54.9 Å². The second kappa shape index (κ2) is 8.62. The van der Waals surface area contributed by atoms with Crippen LogP contribution in [0.25, 0.3) is 11.0 Å². The van der Waals surface area contributed by atoms with Gasteiger partial charge in [0, 0.05) is 11.8 Å². The highest BCUT2D eigenvalue weighted by molar-refractivity contribution is 5.85. The van der Waals surface area contributed by atoms with Crippen LogP contribution in [0.5, 0.6) is 5.75 Å². The molecule has 0 aliphatic rings. The van der Waals surface area contributed by atoms with Crippen molar-refractivity contribution in [3.05, 3.63) is 54.9 Å². The Bertz CT molecular complexity index is 749. The third-order valence-corrected chi connectivity index (χ3v) is 3.24. The molecule has 3 rings (SSSR count). The Morgan fingerprint density at radius 1 is 1.13 bits per heavy atom. The molecule has 0 aliphatic heterocycles. The SMILES string of the molecule is Cl.Cl.Nc1cccc(OCC(O)Cn2cnc3ccccc32)c1. The van der Waals surface area contributed by atoms with Crippen molar-refractivity contribution in [3.8, 4) is 5.75 Å². The van der Waals surface area contributed by atoms with E-state index < -0.39 is 6.10 Å². The molecule has 2 aromatic carbocycles. The van der Waals surface area contributed by atoms with Crippen LogP contribution in [0.2, 0.25) is 0 Å². The molecule has 1 atom stereocenters. The van der Waals surface area contributed by atoms with Crippen molar-refractivity contribution in [3.63, 3.8) is 0 Å². The minimum Gasteiger partial charge on any atom is -0.491 e. The lowest BCUT2D eigenvalue weighted by Crippen LogP contribution is -2.23. The van der Waals surface area contributed by atoms with Gasteiger partial charge in [-0.2, -0.15) is 0 Å². The molecule has 0 aliphatic carbocycles. The molecule has 3 N–H and O–H groups in total. The highest BCUT2D eigenvalue weighted by Crippen LogP contribution is 2.15. The lowest BCUT2D eigenvalue weighted by atomic mass is 10.3. The number of anilines is 1. The van der Waals surface area contributed by atoms with Gasteiger partial charge in [-0.1, -0.05) is 18.2 Å². The van der Waals surface area contributed by atoms with Gasteiger partial charge in [-0.05, 0) is 24.3 Å². The number of hydrogen-bond acceptors (Lipinski definition) is 4. The van der Waals surface area contributed by atoms with Gasteiger partial charge < -0.3 is 20.1 Å². The molecular formula is C16H19Cl2N3O2. The Morgan fingerprint density at radius 2 is 1.91 bits per heavy atom. The van der Waals surface area contributed by atoms with Crippen molar-refractivity contribution in [2.75, 3.05) is 12.3 Å². The molecule has 1 unspecified atom stereocenters. The minimum atomic E-state index is -0.621. The summed E-state index contributed by atoms with van der Waals surface area (Å²) in [5, 5.41) is 10.1. The smallest absolute Gasteiger partial charge is 0.121 e. The maximum absolute atomic E-state index is 10.1. The molecule has 1 heterocycles. The summed E-state index contributed by atoms with van der Waals surface area (Å²) in [6.45, 7) is 0.638. The summed E-state index contributed by atoms with van der Waals surface area (Å²) < 4.78 is 7.47. The highest BCUT2D eigenvalue weighted by atomic mass is 35.5. The number of benzene rings is 2. The first kappa shape index (κ1) is 19.1. The average molecular weight is 356 g/mol. The Kier molecular flexibility index (Phi) is 7.16. The fourth-order valence-electron chi connectivity index (χ4n) is 2.23. The molecule has 0 radical (unpaired) electrons. The van der Waals surface area contributed by atoms with Crippen molar-refractivity contribution in [1.29, 1.82) is 0 Å². The zero-order chi connectivity index (χ0) is 14.7. The number of aromatic nitrogens is 2. The van der Waals surface area contributed by atoms with E-state index in [0.717, 1.165) is 11.0 Å². The van der Waals surface area contributed by atoms with Crippen LogP contribution < -0.4 is 10.5 Å². The molecule has 3 aromatic rings. The number of halogens is 2. The molecule has 7 heteroatoms. The topological polar surface area (TPSA) is 73.3 Å². The Balaban J connectivity index is 0.00000132. The van der Waals surface area contributed by atoms with E-state index in [0.29, 0.717) is 18.0 Å². The largest absolute Gasteiger partial charge is 0.491 e. The number of imidazole rings is 1. The normalized spacial score (nSPS) is 11.3. The first-order valence-corrected chi connectivity index (χ1v) is 6.78. The van der Waals surface area contributed by atoms with E-state index in [1.165, 1.54) is 0 Å². The predicted octanol–water partition coefficient (Wildman–Crippen LogP) is 2.90. The zero-order valence-electron chi connectivity index (χ0n) is 12.3. The molecule has 0 spiro atoms. The van der Waals surface area contributed by atoms with Crippen molar-refractivity contribution >= 4 is 41.5 Å². The number of nitrogens with two attached hydrogens (primary N) is 1. The number of aliphatic hydroxyl groups is 1. The maximum Gasteiger partial charge on any atom is 0.121 e. The number of nitrogen functional groups attached to an aromatic ring is 1. The molecule has 0 amide bonds. The maximum atomic E-state index is 10.1. The molecule has 0 fully saturated rings. The first-order chi connectivity index (χ1) is 10.2. The molecular weight excluding hydrogens is 337 g/mol.